The highest BCUT2D eigenvalue weighted by atomic mass is 19.4. The molecule has 0 spiro atoms. The maximum Gasteiger partial charge on any atom is 0.406 e. The number of urea groups is 1. The van der Waals surface area contributed by atoms with Crippen molar-refractivity contribution >= 4 is 6.03 Å². The second-order valence-electron chi connectivity index (χ2n) is 4.70. The summed E-state index contributed by atoms with van der Waals surface area (Å²) < 4.78 is 36.2. The van der Waals surface area contributed by atoms with Crippen molar-refractivity contribution in [1.29, 1.82) is 0 Å². The van der Waals surface area contributed by atoms with E-state index in [0.29, 0.717) is 10.8 Å². The number of hydrogen-bond donors (Lipinski definition) is 1. The van der Waals surface area contributed by atoms with Crippen LogP contribution < -0.4 is 5.32 Å². The molecule has 2 unspecified atom stereocenters. The van der Waals surface area contributed by atoms with Crippen molar-refractivity contribution in [1.82, 2.24) is 10.2 Å². The average Bonchev–Trinajstić information content (AvgIpc) is 2.62. The zero-order valence-corrected chi connectivity index (χ0v) is 10.2. The van der Waals surface area contributed by atoms with Crippen LogP contribution in [0.4, 0.5) is 18.0 Å². The fourth-order valence-corrected chi connectivity index (χ4v) is 2.20. The van der Waals surface area contributed by atoms with Crippen LogP contribution >= 0.6 is 0 Å². The minimum atomic E-state index is -4.34. The fraction of sp³-hybridized carbons (Fsp3) is 0.909. The molecule has 0 aromatic rings. The van der Waals surface area contributed by atoms with Gasteiger partial charge in [-0.15, -0.1) is 0 Å². The quantitative estimate of drug-likeness (QED) is 0.823. The van der Waals surface area contributed by atoms with Gasteiger partial charge < -0.3 is 10.2 Å². The molecule has 0 aliphatic heterocycles. The van der Waals surface area contributed by atoms with E-state index in [0.717, 1.165) is 32.7 Å². The Labute approximate surface area is 99.4 Å². The number of hydrogen-bond acceptors (Lipinski definition) is 1. The van der Waals surface area contributed by atoms with Gasteiger partial charge in [-0.1, -0.05) is 13.3 Å². The van der Waals surface area contributed by atoms with Crippen LogP contribution in [-0.4, -0.2) is 36.7 Å². The second kappa shape index (κ2) is 5.60. The molecule has 100 valence electrons. The van der Waals surface area contributed by atoms with Crippen LogP contribution in [0.3, 0.4) is 0 Å². The third kappa shape index (κ3) is 4.83. The molecule has 1 saturated carbocycles. The van der Waals surface area contributed by atoms with Crippen molar-refractivity contribution in [2.45, 2.75) is 44.8 Å². The molecule has 0 bridgehead atoms. The van der Waals surface area contributed by atoms with E-state index in [1.165, 1.54) is 0 Å². The first-order valence-electron chi connectivity index (χ1n) is 5.90. The van der Waals surface area contributed by atoms with E-state index < -0.39 is 18.8 Å². The Morgan fingerprint density at radius 1 is 1.41 bits per heavy atom. The summed E-state index contributed by atoms with van der Waals surface area (Å²) in [7, 11) is 1.16. The Bertz CT molecular complexity index is 268. The lowest BCUT2D eigenvalue weighted by Gasteiger charge is -2.22. The molecule has 0 saturated heterocycles. The van der Waals surface area contributed by atoms with Gasteiger partial charge in [-0.05, 0) is 25.2 Å². The van der Waals surface area contributed by atoms with Crippen LogP contribution in [0.5, 0.6) is 0 Å². The highest BCUT2D eigenvalue weighted by Crippen LogP contribution is 2.28. The van der Waals surface area contributed by atoms with Crippen LogP contribution in [-0.2, 0) is 0 Å². The summed E-state index contributed by atoms with van der Waals surface area (Å²) in [6.45, 7) is 0.882. The summed E-state index contributed by atoms with van der Waals surface area (Å²) in [6.07, 6.45) is -0.491. The van der Waals surface area contributed by atoms with Crippen LogP contribution in [0.25, 0.3) is 0 Å². The maximum atomic E-state index is 12.1. The summed E-state index contributed by atoms with van der Waals surface area (Å²) in [5.74, 6) is 0.591. The lowest BCUT2D eigenvalue weighted by atomic mass is 10.1. The van der Waals surface area contributed by atoms with Gasteiger partial charge in [0.2, 0.25) is 0 Å². The minimum absolute atomic E-state index is 0.0307. The van der Waals surface area contributed by atoms with Gasteiger partial charge in [0.25, 0.3) is 0 Å². The molecule has 0 radical (unpaired) electrons. The largest absolute Gasteiger partial charge is 0.406 e. The molecule has 0 aromatic heterocycles. The molecule has 1 fully saturated rings. The predicted octanol–water partition coefficient (Wildman–Crippen LogP) is 2.77. The summed E-state index contributed by atoms with van der Waals surface area (Å²) in [5, 5.41) is 2.65. The molecule has 0 aromatic carbocycles. The van der Waals surface area contributed by atoms with Crippen molar-refractivity contribution in [3.63, 3.8) is 0 Å². The van der Waals surface area contributed by atoms with Crippen molar-refractivity contribution in [2.24, 2.45) is 5.92 Å². The first-order chi connectivity index (χ1) is 7.81. The molecule has 3 nitrogen and oxygen atoms in total. The third-order valence-electron chi connectivity index (χ3n) is 3.21. The monoisotopic (exact) mass is 252 g/mol. The van der Waals surface area contributed by atoms with Gasteiger partial charge in [0.15, 0.2) is 0 Å². The molecule has 1 aliphatic rings. The molecule has 1 N–H and O–H groups in total. The molecular formula is C11H19F3N2O. The van der Waals surface area contributed by atoms with Gasteiger partial charge in [0.1, 0.15) is 6.54 Å². The Hall–Kier alpha value is -0.940. The van der Waals surface area contributed by atoms with E-state index in [1.54, 1.807) is 0 Å². The lowest BCUT2D eigenvalue weighted by molar-refractivity contribution is -0.137. The first-order valence-corrected chi connectivity index (χ1v) is 5.90. The number of halogens is 3. The molecule has 0 heterocycles. The van der Waals surface area contributed by atoms with Crippen molar-refractivity contribution in [3.05, 3.63) is 0 Å². The summed E-state index contributed by atoms with van der Waals surface area (Å²) in [5.41, 5.74) is 0. The Morgan fingerprint density at radius 3 is 2.53 bits per heavy atom. The number of carbonyl (C=O) groups excluding carboxylic acids is 1. The Balaban J connectivity index is 2.34. The summed E-state index contributed by atoms with van der Waals surface area (Å²) >= 11 is 0. The van der Waals surface area contributed by atoms with Crippen molar-refractivity contribution in [2.75, 3.05) is 13.6 Å². The number of nitrogens with zero attached hydrogens (tertiary/aromatic N) is 1. The third-order valence-corrected chi connectivity index (χ3v) is 3.21. The second-order valence-corrected chi connectivity index (χ2v) is 4.70. The molecule has 1 aliphatic carbocycles. The maximum absolute atomic E-state index is 12.1. The van der Waals surface area contributed by atoms with Gasteiger partial charge >= 0.3 is 12.2 Å². The van der Waals surface area contributed by atoms with Crippen LogP contribution in [0.2, 0.25) is 0 Å². The molecule has 1 rings (SSSR count). The topological polar surface area (TPSA) is 32.3 Å². The van der Waals surface area contributed by atoms with Crippen LogP contribution in [0.15, 0.2) is 0 Å². The van der Waals surface area contributed by atoms with E-state index in [-0.39, 0.29) is 6.04 Å². The van der Waals surface area contributed by atoms with Gasteiger partial charge in [0.05, 0.1) is 0 Å². The fourth-order valence-electron chi connectivity index (χ4n) is 2.20. The van der Waals surface area contributed by atoms with E-state index >= 15 is 0 Å². The number of rotatable bonds is 3. The van der Waals surface area contributed by atoms with E-state index in [2.05, 4.69) is 12.2 Å². The van der Waals surface area contributed by atoms with Gasteiger partial charge in [0, 0.05) is 13.1 Å². The van der Waals surface area contributed by atoms with Gasteiger partial charge in [-0.2, -0.15) is 13.2 Å². The molecule has 6 heteroatoms. The number of amides is 2. The Kier molecular flexibility index (Phi) is 4.65. The minimum Gasteiger partial charge on any atom is -0.335 e. The van der Waals surface area contributed by atoms with E-state index in [9.17, 15) is 18.0 Å². The highest BCUT2D eigenvalue weighted by Gasteiger charge is 2.32. The zero-order valence-electron chi connectivity index (χ0n) is 10.2. The molecular weight excluding hydrogens is 233 g/mol. The van der Waals surface area contributed by atoms with E-state index in [4.69, 9.17) is 0 Å². The first kappa shape index (κ1) is 14.1. The summed E-state index contributed by atoms with van der Waals surface area (Å²) in [6, 6.07) is -0.604. The summed E-state index contributed by atoms with van der Waals surface area (Å²) in [4.78, 5) is 12.2. The number of alkyl halides is 3. The van der Waals surface area contributed by atoms with Crippen molar-refractivity contribution < 1.29 is 18.0 Å². The van der Waals surface area contributed by atoms with Crippen LogP contribution in [0.1, 0.15) is 32.6 Å². The van der Waals surface area contributed by atoms with Gasteiger partial charge in [-0.25, -0.2) is 4.79 Å². The van der Waals surface area contributed by atoms with Crippen molar-refractivity contribution in [3.8, 4) is 0 Å². The molecule has 2 atom stereocenters. The molecule has 2 amide bonds. The standard InChI is InChI=1S/C11H19F3N2O/c1-3-8-4-5-9(6-8)15-10(17)16(2)7-11(12,13)14/h8-9H,3-7H2,1-2H3,(H,15,17). The normalized spacial score (nSPS) is 24.8. The van der Waals surface area contributed by atoms with Gasteiger partial charge in [-0.3, -0.25) is 0 Å². The predicted molar refractivity (Wildman–Crippen MR) is 58.6 cm³/mol. The van der Waals surface area contributed by atoms with E-state index in [1.807, 2.05) is 0 Å². The average molecular weight is 252 g/mol. The SMILES string of the molecule is CCC1CCC(NC(=O)N(C)CC(F)(F)F)C1. The molecule has 17 heavy (non-hydrogen) atoms. The smallest absolute Gasteiger partial charge is 0.335 e. The lowest BCUT2D eigenvalue weighted by Crippen LogP contribution is -2.45. The van der Waals surface area contributed by atoms with Crippen LogP contribution in [0, 0.1) is 5.92 Å². The zero-order chi connectivity index (χ0) is 13.1. The Morgan fingerprint density at radius 2 is 2.06 bits per heavy atom. The number of nitrogens with one attached hydrogen (secondary N) is 1. The number of carbonyl (C=O) groups is 1. The highest BCUT2D eigenvalue weighted by molar-refractivity contribution is 5.74.